The number of amides is 1. The Morgan fingerprint density at radius 1 is 1.33 bits per heavy atom. The molecule has 6 heteroatoms. The summed E-state index contributed by atoms with van der Waals surface area (Å²) in [5.74, 6) is -0.00348. The van der Waals surface area contributed by atoms with Crippen molar-refractivity contribution in [3.63, 3.8) is 0 Å². The van der Waals surface area contributed by atoms with Gasteiger partial charge in [-0.05, 0) is 26.9 Å². The van der Waals surface area contributed by atoms with Gasteiger partial charge >= 0.3 is 0 Å². The zero-order valence-electron chi connectivity index (χ0n) is 11.6. The van der Waals surface area contributed by atoms with Crippen molar-refractivity contribution in [1.29, 1.82) is 0 Å². The minimum Gasteiger partial charge on any atom is -0.354 e. The molecule has 3 N–H and O–H groups in total. The third-order valence-electron chi connectivity index (χ3n) is 3.88. The second-order valence-corrected chi connectivity index (χ2v) is 5.18. The van der Waals surface area contributed by atoms with Crippen LogP contribution < -0.4 is 11.1 Å². The third-order valence-corrected chi connectivity index (χ3v) is 3.88. The van der Waals surface area contributed by atoms with E-state index in [1.54, 1.807) is 0 Å². The molecule has 0 heterocycles. The molecule has 1 amide bonds. The molecule has 0 radical (unpaired) electrons. The first-order valence-corrected chi connectivity index (χ1v) is 6.17. The molecule has 110 valence electrons. The standard InChI is InChI=1S/C12H25N3O.2ClH/c1-10(8-13)11(16)14-9-12(15(2)3)6-4-5-7-12;;/h10H,4-9,13H2,1-3H3,(H,14,16);2*1H. The Hall–Kier alpha value is -0.0300. The van der Waals surface area contributed by atoms with E-state index in [4.69, 9.17) is 5.73 Å². The van der Waals surface area contributed by atoms with Gasteiger partial charge in [0.25, 0.3) is 0 Å². The van der Waals surface area contributed by atoms with E-state index in [1.165, 1.54) is 25.7 Å². The molecule has 1 atom stereocenters. The normalized spacial score (nSPS) is 18.7. The number of carbonyl (C=O) groups excluding carboxylic acids is 1. The van der Waals surface area contributed by atoms with Crippen molar-refractivity contribution in [2.75, 3.05) is 27.2 Å². The van der Waals surface area contributed by atoms with Gasteiger partial charge in [-0.15, -0.1) is 24.8 Å². The molecule has 1 aliphatic rings. The van der Waals surface area contributed by atoms with Crippen LogP contribution in [0.2, 0.25) is 0 Å². The van der Waals surface area contributed by atoms with Crippen molar-refractivity contribution in [3.05, 3.63) is 0 Å². The molecule has 1 fully saturated rings. The van der Waals surface area contributed by atoms with Crippen LogP contribution in [-0.4, -0.2) is 43.5 Å². The molecule has 1 unspecified atom stereocenters. The molecule has 0 bridgehead atoms. The van der Waals surface area contributed by atoms with Crippen LogP contribution in [0.3, 0.4) is 0 Å². The second-order valence-electron chi connectivity index (χ2n) is 5.18. The van der Waals surface area contributed by atoms with Crippen molar-refractivity contribution in [1.82, 2.24) is 10.2 Å². The van der Waals surface area contributed by atoms with E-state index in [9.17, 15) is 4.79 Å². The molecule has 0 spiro atoms. The summed E-state index contributed by atoms with van der Waals surface area (Å²) >= 11 is 0. The Kier molecular flexibility index (Phi) is 10.1. The van der Waals surface area contributed by atoms with E-state index in [-0.39, 0.29) is 42.2 Å². The van der Waals surface area contributed by atoms with Crippen LogP contribution in [-0.2, 0) is 4.79 Å². The van der Waals surface area contributed by atoms with Gasteiger partial charge < -0.3 is 16.0 Å². The highest BCUT2D eigenvalue weighted by molar-refractivity contribution is 5.85. The minimum absolute atomic E-state index is 0. The smallest absolute Gasteiger partial charge is 0.224 e. The highest BCUT2D eigenvalue weighted by atomic mass is 35.5. The zero-order chi connectivity index (χ0) is 12.2. The molecule has 0 aromatic heterocycles. The van der Waals surface area contributed by atoms with E-state index in [0.717, 1.165) is 6.54 Å². The van der Waals surface area contributed by atoms with Crippen LogP contribution in [0.4, 0.5) is 0 Å². The maximum atomic E-state index is 11.7. The van der Waals surface area contributed by atoms with Crippen LogP contribution in [0.25, 0.3) is 0 Å². The number of hydrogen-bond donors (Lipinski definition) is 2. The van der Waals surface area contributed by atoms with E-state index in [0.29, 0.717) is 6.54 Å². The molecular weight excluding hydrogens is 273 g/mol. The number of carbonyl (C=O) groups is 1. The second kappa shape index (κ2) is 8.97. The summed E-state index contributed by atoms with van der Waals surface area (Å²) in [6, 6.07) is 0. The Morgan fingerprint density at radius 2 is 1.83 bits per heavy atom. The monoisotopic (exact) mass is 299 g/mol. The summed E-state index contributed by atoms with van der Waals surface area (Å²) in [6.07, 6.45) is 4.88. The number of nitrogens with one attached hydrogen (secondary N) is 1. The number of halogens is 2. The van der Waals surface area contributed by atoms with Crippen LogP contribution >= 0.6 is 24.8 Å². The van der Waals surface area contributed by atoms with E-state index in [2.05, 4.69) is 24.3 Å². The average molecular weight is 300 g/mol. The van der Waals surface area contributed by atoms with Gasteiger partial charge in [0.2, 0.25) is 5.91 Å². The lowest BCUT2D eigenvalue weighted by molar-refractivity contribution is -0.124. The van der Waals surface area contributed by atoms with Gasteiger partial charge in [0.1, 0.15) is 0 Å². The molecule has 0 saturated heterocycles. The first-order chi connectivity index (χ1) is 7.52. The molecule has 1 saturated carbocycles. The lowest BCUT2D eigenvalue weighted by Gasteiger charge is -2.36. The summed E-state index contributed by atoms with van der Waals surface area (Å²) in [4.78, 5) is 13.9. The summed E-state index contributed by atoms with van der Waals surface area (Å²) in [7, 11) is 4.20. The summed E-state index contributed by atoms with van der Waals surface area (Å²) in [5.41, 5.74) is 5.65. The highest BCUT2D eigenvalue weighted by Crippen LogP contribution is 2.33. The lowest BCUT2D eigenvalue weighted by Crippen LogP contribution is -2.51. The molecule has 0 aromatic carbocycles. The number of nitrogens with zero attached hydrogens (tertiary/aromatic N) is 1. The number of hydrogen-bond acceptors (Lipinski definition) is 3. The van der Waals surface area contributed by atoms with Gasteiger partial charge in [-0.2, -0.15) is 0 Å². The molecule has 0 aliphatic heterocycles. The minimum atomic E-state index is -0.0828. The van der Waals surface area contributed by atoms with E-state index in [1.807, 2.05) is 6.92 Å². The number of nitrogens with two attached hydrogens (primary N) is 1. The topological polar surface area (TPSA) is 58.4 Å². The fourth-order valence-electron chi connectivity index (χ4n) is 2.35. The zero-order valence-corrected chi connectivity index (χ0v) is 13.2. The Balaban J connectivity index is 0. The van der Waals surface area contributed by atoms with Crippen molar-refractivity contribution in [2.45, 2.75) is 38.1 Å². The molecular formula is C12H27Cl2N3O. The molecule has 0 aromatic rings. The van der Waals surface area contributed by atoms with Crippen LogP contribution in [0, 0.1) is 5.92 Å². The quantitative estimate of drug-likeness (QED) is 0.807. The molecule has 1 aliphatic carbocycles. The molecule has 4 nitrogen and oxygen atoms in total. The van der Waals surface area contributed by atoms with Crippen molar-refractivity contribution in [2.24, 2.45) is 11.7 Å². The lowest BCUT2D eigenvalue weighted by atomic mass is 9.95. The van der Waals surface area contributed by atoms with Gasteiger partial charge in [0.05, 0.1) is 0 Å². The summed E-state index contributed by atoms with van der Waals surface area (Å²) in [5, 5.41) is 3.04. The van der Waals surface area contributed by atoms with Gasteiger partial charge in [0, 0.05) is 24.5 Å². The maximum Gasteiger partial charge on any atom is 0.224 e. The van der Waals surface area contributed by atoms with Crippen molar-refractivity contribution < 1.29 is 4.79 Å². The Morgan fingerprint density at radius 3 is 2.22 bits per heavy atom. The fraction of sp³-hybridized carbons (Fsp3) is 0.917. The predicted octanol–water partition coefficient (Wildman–Crippen LogP) is 1.42. The first kappa shape index (κ1) is 20.3. The number of likely N-dealkylation sites (N-methyl/N-ethyl adjacent to an activating group) is 1. The van der Waals surface area contributed by atoms with E-state index < -0.39 is 0 Å². The van der Waals surface area contributed by atoms with Gasteiger partial charge in [-0.3, -0.25) is 4.79 Å². The van der Waals surface area contributed by atoms with Crippen LogP contribution in [0.15, 0.2) is 0 Å². The predicted molar refractivity (Wildman–Crippen MR) is 80.6 cm³/mol. The summed E-state index contributed by atoms with van der Waals surface area (Å²) in [6.45, 7) is 3.04. The molecule has 1 rings (SSSR count). The van der Waals surface area contributed by atoms with Gasteiger partial charge in [-0.25, -0.2) is 0 Å². The first-order valence-electron chi connectivity index (χ1n) is 6.17. The van der Waals surface area contributed by atoms with Crippen LogP contribution in [0.1, 0.15) is 32.6 Å². The fourth-order valence-corrected chi connectivity index (χ4v) is 2.35. The largest absolute Gasteiger partial charge is 0.354 e. The third kappa shape index (κ3) is 4.92. The van der Waals surface area contributed by atoms with Crippen LogP contribution in [0.5, 0.6) is 0 Å². The van der Waals surface area contributed by atoms with Gasteiger partial charge in [-0.1, -0.05) is 19.8 Å². The maximum absolute atomic E-state index is 11.7. The Bertz CT molecular complexity index is 243. The van der Waals surface area contributed by atoms with Crippen molar-refractivity contribution in [3.8, 4) is 0 Å². The highest BCUT2D eigenvalue weighted by Gasteiger charge is 2.36. The Labute approximate surface area is 123 Å². The average Bonchev–Trinajstić information content (AvgIpc) is 2.74. The SMILES string of the molecule is CC(CN)C(=O)NCC1(N(C)C)CCCC1.Cl.Cl. The van der Waals surface area contributed by atoms with E-state index >= 15 is 0 Å². The number of rotatable bonds is 5. The summed E-state index contributed by atoms with van der Waals surface area (Å²) < 4.78 is 0. The van der Waals surface area contributed by atoms with Gasteiger partial charge in [0.15, 0.2) is 0 Å². The van der Waals surface area contributed by atoms with Crippen molar-refractivity contribution >= 4 is 30.7 Å². The molecule has 18 heavy (non-hydrogen) atoms.